The summed E-state index contributed by atoms with van der Waals surface area (Å²) in [7, 11) is 0. The zero-order valence-corrected chi connectivity index (χ0v) is 12.8. The van der Waals surface area contributed by atoms with Crippen molar-refractivity contribution in [1.82, 2.24) is 4.98 Å². The Bertz CT molecular complexity index is 450. The highest BCUT2D eigenvalue weighted by atomic mass is 16.3. The van der Waals surface area contributed by atoms with Gasteiger partial charge in [-0.1, -0.05) is 20.8 Å². The molecule has 2 N–H and O–H groups in total. The van der Waals surface area contributed by atoms with Crippen LogP contribution in [0.15, 0.2) is 12.1 Å². The van der Waals surface area contributed by atoms with Crippen molar-refractivity contribution in [2.45, 2.75) is 58.1 Å². The van der Waals surface area contributed by atoms with E-state index in [9.17, 15) is 10.2 Å². The SMILES string of the molecule is CC(C)(C)c1cc(CO)cc(N(CCO)C2CCC2)n1. The summed E-state index contributed by atoms with van der Waals surface area (Å²) >= 11 is 0. The lowest BCUT2D eigenvalue weighted by atomic mass is 9.89. The van der Waals surface area contributed by atoms with Crippen molar-refractivity contribution in [3.05, 3.63) is 23.4 Å². The summed E-state index contributed by atoms with van der Waals surface area (Å²) in [5, 5.41) is 18.8. The minimum absolute atomic E-state index is 0.0240. The lowest BCUT2D eigenvalue weighted by molar-refractivity contribution is 0.279. The Kier molecular flexibility index (Phi) is 4.66. The first kappa shape index (κ1) is 15.3. The van der Waals surface area contributed by atoms with E-state index in [-0.39, 0.29) is 18.6 Å². The van der Waals surface area contributed by atoms with Gasteiger partial charge in [-0.3, -0.25) is 0 Å². The maximum atomic E-state index is 9.48. The second kappa shape index (κ2) is 6.10. The Labute approximate surface area is 121 Å². The molecule has 0 saturated heterocycles. The van der Waals surface area contributed by atoms with Gasteiger partial charge >= 0.3 is 0 Å². The average molecular weight is 278 g/mol. The molecule has 20 heavy (non-hydrogen) atoms. The van der Waals surface area contributed by atoms with Gasteiger partial charge in [0.15, 0.2) is 0 Å². The molecule has 0 unspecified atom stereocenters. The van der Waals surface area contributed by atoms with E-state index in [1.807, 2.05) is 12.1 Å². The second-order valence-electron chi connectivity index (χ2n) is 6.63. The van der Waals surface area contributed by atoms with Crippen LogP contribution in [0, 0.1) is 0 Å². The molecule has 0 aliphatic heterocycles. The van der Waals surface area contributed by atoms with E-state index in [2.05, 4.69) is 25.7 Å². The summed E-state index contributed by atoms with van der Waals surface area (Å²) < 4.78 is 0. The number of aromatic nitrogens is 1. The van der Waals surface area contributed by atoms with Crippen molar-refractivity contribution in [2.75, 3.05) is 18.1 Å². The van der Waals surface area contributed by atoms with Crippen LogP contribution in [0.3, 0.4) is 0 Å². The van der Waals surface area contributed by atoms with Crippen molar-refractivity contribution in [3.63, 3.8) is 0 Å². The molecule has 0 bridgehead atoms. The Morgan fingerprint density at radius 3 is 2.40 bits per heavy atom. The lowest BCUT2D eigenvalue weighted by Gasteiger charge is -2.38. The van der Waals surface area contributed by atoms with Crippen molar-refractivity contribution >= 4 is 5.82 Å². The number of rotatable bonds is 5. The maximum Gasteiger partial charge on any atom is 0.129 e. The number of aliphatic hydroxyl groups is 2. The highest BCUT2D eigenvalue weighted by molar-refractivity contribution is 5.45. The summed E-state index contributed by atoms with van der Waals surface area (Å²) in [5.74, 6) is 0.889. The third kappa shape index (κ3) is 3.30. The minimum Gasteiger partial charge on any atom is -0.395 e. The zero-order chi connectivity index (χ0) is 14.8. The number of pyridine rings is 1. The van der Waals surface area contributed by atoms with Gasteiger partial charge in [0.05, 0.1) is 13.2 Å². The van der Waals surface area contributed by atoms with Crippen LogP contribution in [-0.4, -0.2) is 34.4 Å². The standard InChI is InChI=1S/C16H26N2O2/c1-16(2,3)14-9-12(11-20)10-15(17-14)18(7-8-19)13-5-4-6-13/h9-10,13,19-20H,4-8,11H2,1-3H3. The molecule has 1 saturated carbocycles. The summed E-state index contributed by atoms with van der Waals surface area (Å²) in [6, 6.07) is 4.40. The van der Waals surface area contributed by atoms with Gasteiger partial charge in [0, 0.05) is 23.7 Å². The number of hydrogen-bond donors (Lipinski definition) is 2. The monoisotopic (exact) mass is 278 g/mol. The molecule has 0 amide bonds. The van der Waals surface area contributed by atoms with Crippen LogP contribution in [0.5, 0.6) is 0 Å². The van der Waals surface area contributed by atoms with E-state index in [1.165, 1.54) is 6.42 Å². The smallest absolute Gasteiger partial charge is 0.129 e. The zero-order valence-electron chi connectivity index (χ0n) is 12.8. The van der Waals surface area contributed by atoms with Gasteiger partial charge in [0.25, 0.3) is 0 Å². The van der Waals surface area contributed by atoms with Crippen LogP contribution in [0.1, 0.15) is 51.3 Å². The predicted molar refractivity (Wildman–Crippen MR) is 80.9 cm³/mol. The maximum absolute atomic E-state index is 9.48. The van der Waals surface area contributed by atoms with Crippen LogP contribution < -0.4 is 4.90 Å². The van der Waals surface area contributed by atoms with Crippen molar-refractivity contribution in [2.24, 2.45) is 0 Å². The van der Waals surface area contributed by atoms with Gasteiger partial charge in [-0.25, -0.2) is 4.98 Å². The topological polar surface area (TPSA) is 56.6 Å². The first-order chi connectivity index (χ1) is 9.45. The number of nitrogens with zero attached hydrogens (tertiary/aromatic N) is 2. The predicted octanol–water partition coefficient (Wildman–Crippen LogP) is 2.22. The third-order valence-corrected chi connectivity index (χ3v) is 3.97. The van der Waals surface area contributed by atoms with E-state index >= 15 is 0 Å². The molecule has 1 aromatic heterocycles. The van der Waals surface area contributed by atoms with Crippen LogP contribution in [0.2, 0.25) is 0 Å². The number of hydrogen-bond acceptors (Lipinski definition) is 4. The van der Waals surface area contributed by atoms with Gasteiger partial charge < -0.3 is 15.1 Å². The molecule has 0 atom stereocenters. The van der Waals surface area contributed by atoms with Gasteiger partial charge in [0.1, 0.15) is 5.82 Å². The Balaban J connectivity index is 2.37. The van der Waals surface area contributed by atoms with Crippen molar-refractivity contribution < 1.29 is 10.2 Å². The van der Waals surface area contributed by atoms with Crippen molar-refractivity contribution in [1.29, 1.82) is 0 Å². The summed E-state index contributed by atoms with van der Waals surface area (Å²) in [5.41, 5.74) is 1.83. The van der Waals surface area contributed by atoms with Gasteiger partial charge in [-0.15, -0.1) is 0 Å². The molecule has 4 heteroatoms. The summed E-state index contributed by atoms with van der Waals surface area (Å²) in [6.07, 6.45) is 3.57. The first-order valence-corrected chi connectivity index (χ1v) is 7.45. The van der Waals surface area contributed by atoms with E-state index in [0.717, 1.165) is 29.9 Å². The molecule has 4 nitrogen and oxygen atoms in total. The van der Waals surface area contributed by atoms with E-state index in [0.29, 0.717) is 12.6 Å². The minimum atomic E-state index is -0.0512. The van der Waals surface area contributed by atoms with Gasteiger partial charge in [0.2, 0.25) is 0 Å². The fraction of sp³-hybridized carbons (Fsp3) is 0.688. The molecule has 0 spiro atoms. The lowest BCUT2D eigenvalue weighted by Crippen LogP contribution is -2.42. The molecule has 1 aromatic rings. The Morgan fingerprint density at radius 2 is 1.95 bits per heavy atom. The molecule has 1 aliphatic carbocycles. The van der Waals surface area contributed by atoms with E-state index in [4.69, 9.17) is 4.98 Å². The molecule has 1 aliphatic rings. The number of anilines is 1. The molecule has 0 radical (unpaired) electrons. The normalized spacial score (nSPS) is 16.1. The van der Waals surface area contributed by atoms with Crippen LogP contribution >= 0.6 is 0 Å². The first-order valence-electron chi connectivity index (χ1n) is 7.45. The Morgan fingerprint density at radius 1 is 1.25 bits per heavy atom. The van der Waals surface area contributed by atoms with Gasteiger partial charge in [-0.2, -0.15) is 0 Å². The molecular weight excluding hydrogens is 252 g/mol. The number of aliphatic hydroxyl groups excluding tert-OH is 2. The van der Waals surface area contributed by atoms with Crippen LogP contribution in [0.25, 0.3) is 0 Å². The molecule has 1 heterocycles. The largest absolute Gasteiger partial charge is 0.395 e. The summed E-state index contributed by atoms with van der Waals surface area (Å²) in [6.45, 7) is 7.14. The van der Waals surface area contributed by atoms with E-state index < -0.39 is 0 Å². The van der Waals surface area contributed by atoms with Gasteiger partial charge in [-0.05, 0) is 37.0 Å². The fourth-order valence-corrected chi connectivity index (χ4v) is 2.48. The third-order valence-electron chi connectivity index (χ3n) is 3.97. The second-order valence-corrected chi connectivity index (χ2v) is 6.63. The highest BCUT2D eigenvalue weighted by Gasteiger charge is 2.27. The van der Waals surface area contributed by atoms with Crippen LogP contribution in [-0.2, 0) is 12.0 Å². The van der Waals surface area contributed by atoms with Crippen molar-refractivity contribution in [3.8, 4) is 0 Å². The highest BCUT2D eigenvalue weighted by Crippen LogP contribution is 2.31. The van der Waals surface area contributed by atoms with E-state index in [1.54, 1.807) is 0 Å². The molecule has 112 valence electrons. The quantitative estimate of drug-likeness (QED) is 0.867. The molecule has 0 aromatic carbocycles. The average Bonchev–Trinajstić information content (AvgIpc) is 2.34. The van der Waals surface area contributed by atoms with Crippen LogP contribution in [0.4, 0.5) is 5.82 Å². The fourth-order valence-electron chi connectivity index (χ4n) is 2.48. The summed E-state index contributed by atoms with van der Waals surface area (Å²) in [4.78, 5) is 6.97. The molecule has 1 fully saturated rings. The Hall–Kier alpha value is -1.13. The molecular formula is C16H26N2O2. The molecule has 2 rings (SSSR count).